The molecule has 2 unspecified atom stereocenters. The fourth-order valence-corrected chi connectivity index (χ4v) is 3.35. The van der Waals surface area contributed by atoms with Gasteiger partial charge in [0.2, 0.25) is 0 Å². The van der Waals surface area contributed by atoms with Crippen molar-refractivity contribution in [3.63, 3.8) is 0 Å². The normalized spacial score (nSPS) is 15.0. The highest BCUT2D eigenvalue weighted by atomic mass is 32.1. The van der Waals surface area contributed by atoms with Crippen LogP contribution in [0.4, 0.5) is 0 Å². The molecule has 0 amide bonds. The largest absolute Gasteiger partial charge is 0.383 e. The van der Waals surface area contributed by atoms with E-state index in [4.69, 9.17) is 0 Å². The summed E-state index contributed by atoms with van der Waals surface area (Å²) in [7, 11) is 0. The lowest BCUT2D eigenvalue weighted by molar-refractivity contribution is 0.0587. The van der Waals surface area contributed by atoms with E-state index in [0.717, 1.165) is 16.1 Å². The molecular weight excluding hydrogens is 304 g/mol. The lowest BCUT2D eigenvalue weighted by Crippen LogP contribution is -2.37. The Bertz CT molecular complexity index is 672. The van der Waals surface area contributed by atoms with Crippen molar-refractivity contribution < 1.29 is 5.11 Å². The molecule has 1 aromatic carbocycles. The van der Waals surface area contributed by atoms with Crippen LogP contribution in [0.15, 0.2) is 72.2 Å². The molecule has 0 spiro atoms. The minimum atomic E-state index is -0.907. The van der Waals surface area contributed by atoms with E-state index in [0.29, 0.717) is 6.54 Å². The number of hydrogen-bond acceptors (Lipinski definition) is 4. The molecule has 0 saturated carbocycles. The van der Waals surface area contributed by atoms with E-state index >= 15 is 0 Å². The van der Waals surface area contributed by atoms with Crippen molar-refractivity contribution in [2.75, 3.05) is 6.54 Å². The van der Waals surface area contributed by atoms with E-state index < -0.39 is 5.60 Å². The van der Waals surface area contributed by atoms with E-state index in [2.05, 4.69) is 22.4 Å². The summed E-state index contributed by atoms with van der Waals surface area (Å²) in [6.45, 7) is 2.29. The minimum Gasteiger partial charge on any atom is -0.383 e. The third-order valence-corrected chi connectivity index (χ3v) is 4.94. The van der Waals surface area contributed by atoms with Crippen LogP contribution in [0.1, 0.15) is 29.1 Å². The van der Waals surface area contributed by atoms with Gasteiger partial charge in [0.25, 0.3) is 0 Å². The molecule has 118 valence electrons. The molecule has 2 heterocycles. The van der Waals surface area contributed by atoms with Crippen molar-refractivity contribution in [3.8, 4) is 0 Å². The fraction of sp³-hybridized carbons (Fsp3) is 0.211. The van der Waals surface area contributed by atoms with Crippen molar-refractivity contribution in [2.45, 2.75) is 18.6 Å². The summed E-state index contributed by atoms with van der Waals surface area (Å²) in [5, 5.41) is 16.2. The van der Waals surface area contributed by atoms with Gasteiger partial charge in [-0.15, -0.1) is 11.3 Å². The summed E-state index contributed by atoms with van der Waals surface area (Å²) < 4.78 is 0. The highest BCUT2D eigenvalue weighted by molar-refractivity contribution is 7.10. The molecule has 2 aromatic heterocycles. The van der Waals surface area contributed by atoms with Crippen molar-refractivity contribution >= 4 is 11.3 Å². The number of aliphatic hydroxyl groups is 1. The van der Waals surface area contributed by atoms with Crippen LogP contribution < -0.4 is 5.32 Å². The van der Waals surface area contributed by atoms with Gasteiger partial charge in [0.1, 0.15) is 5.60 Å². The summed E-state index contributed by atoms with van der Waals surface area (Å²) in [4.78, 5) is 5.43. The second-order valence-electron chi connectivity index (χ2n) is 5.73. The zero-order valence-electron chi connectivity index (χ0n) is 13.0. The van der Waals surface area contributed by atoms with E-state index in [9.17, 15) is 5.11 Å². The Morgan fingerprint density at radius 1 is 1.09 bits per heavy atom. The first-order chi connectivity index (χ1) is 11.2. The van der Waals surface area contributed by atoms with Gasteiger partial charge in [-0.25, -0.2) is 0 Å². The second kappa shape index (κ2) is 7.04. The molecular formula is C19H20N2OS. The Hall–Kier alpha value is -2.01. The molecule has 3 nitrogen and oxygen atoms in total. The number of nitrogens with one attached hydrogen (secondary N) is 1. The van der Waals surface area contributed by atoms with Crippen molar-refractivity contribution in [1.82, 2.24) is 10.3 Å². The van der Waals surface area contributed by atoms with Gasteiger partial charge in [-0.05, 0) is 36.1 Å². The van der Waals surface area contributed by atoms with Gasteiger partial charge in [0.15, 0.2) is 0 Å². The van der Waals surface area contributed by atoms with Gasteiger partial charge in [0.05, 0.1) is 11.7 Å². The van der Waals surface area contributed by atoms with Crippen molar-refractivity contribution in [3.05, 3.63) is 88.4 Å². The molecule has 0 fully saturated rings. The van der Waals surface area contributed by atoms with Gasteiger partial charge in [0, 0.05) is 17.6 Å². The lowest BCUT2D eigenvalue weighted by atomic mass is 10.00. The van der Waals surface area contributed by atoms with Gasteiger partial charge in [-0.1, -0.05) is 42.5 Å². The molecule has 0 saturated heterocycles. The van der Waals surface area contributed by atoms with Crippen LogP contribution in [0.2, 0.25) is 0 Å². The molecule has 2 N–H and O–H groups in total. The zero-order valence-corrected chi connectivity index (χ0v) is 13.8. The number of aromatic nitrogens is 1. The Morgan fingerprint density at radius 2 is 1.87 bits per heavy atom. The minimum absolute atomic E-state index is 0.0520. The molecule has 0 bridgehead atoms. The number of benzene rings is 1. The lowest BCUT2D eigenvalue weighted by Gasteiger charge is -2.26. The Labute approximate surface area is 140 Å². The fourth-order valence-electron chi connectivity index (χ4n) is 2.56. The molecule has 0 aliphatic rings. The third-order valence-electron chi connectivity index (χ3n) is 3.82. The molecule has 4 heteroatoms. The summed E-state index contributed by atoms with van der Waals surface area (Å²) in [6, 6.07) is 20.0. The van der Waals surface area contributed by atoms with Crippen LogP contribution in [0.25, 0.3) is 0 Å². The highest BCUT2D eigenvalue weighted by Crippen LogP contribution is 2.27. The maximum absolute atomic E-state index is 10.7. The van der Waals surface area contributed by atoms with Crippen LogP contribution in [0, 0.1) is 0 Å². The number of thiophene rings is 1. The van der Waals surface area contributed by atoms with Crippen LogP contribution in [-0.2, 0) is 5.60 Å². The van der Waals surface area contributed by atoms with Crippen LogP contribution in [-0.4, -0.2) is 16.6 Å². The summed E-state index contributed by atoms with van der Waals surface area (Å²) in [5.41, 5.74) is 1.17. The van der Waals surface area contributed by atoms with Crippen LogP contribution >= 0.6 is 11.3 Å². The first kappa shape index (κ1) is 15.9. The van der Waals surface area contributed by atoms with E-state index in [1.807, 2.05) is 60.8 Å². The predicted molar refractivity (Wildman–Crippen MR) is 94.4 cm³/mol. The monoisotopic (exact) mass is 324 g/mol. The summed E-state index contributed by atoms with van der Waals surface area (Å²) in [5.74, 6) is 0. The molecule has 0 aliphatic heterocycles. The topological polar surface area (TPSA) is 45.1 Å². The molecule has 3 aromatic rings. The standard InChI is InChI=1S/C19H20N2OS/c1-19(22,17-11-7-13-23-17)14-21-18(15-8-3-2-4-9-15)16-10-5-6-12-20-16/h2-13,18,21-22H,14H2,1H3. The summed E-state index contributed by atoms with van der Waals surface area (Å²) in [6.07, 6.45) is 1.80. The van der Waals surface area contributed by atoms with Crippen LogP contribution in [0.3, 0.4) is 0 Å². The number of rotatable bonds is 6. The first-order valence-corrected chi connectivity index (χ1v) is 8.50. The highest BCUT2D eigenvalue weighted by Gasteiger charge is 2.26. The average molecular weight is 324 g/mol. The molecule has 3 rings (SSSR count). The third kappa shape index (κ3) is 3.85. The van der Waals surface area contributed by atoms with Gasteiger partial charge < -0.3 is 10.4 Å². The van der Waals surface area contributed by atoms with Gasteiger partial charge in [-0.3, -0.25) is 4.98 Å². The van der Waals surface area contributed by atoms with Crippen molar-refractivity contribution in [2.24, 2.45) is 0 Å². The Kier molecular flexibility index (Phi) is 4.86. The summed E-state index contributed by atoms with van der Waals surface area (Å²) >= 11 is 1.57. The zero-order chi connectivity index (χ0) is 16.1. The number of pyridine rings is 1. The smallest absolute Gasteiger partial charge is 0.108 e. The quantitative estimate of drug-likeness (QED) is 0.726. The molecule has 2 atom stereocenters. The molecule has 23 heavy (non-hydrogen) atoms. The maximum Gasteiger partial charge on any atom is 0.108 e. The number of nitrogens with zero attached hydrogens (tertiary/aromatic N) is 1. The molecule has 0 aliphatic carbocycles. The Balaban J connectivity index is 1.83. The van der Waals surface area contributed by atoms with E-state index in [-0.39, 0.29) is 6.04 Å². The average Bonchev–Trinajstić information content (AvgIpc) is 3.12. The van der Waals surface area contributed by atoms with Crippen LogP contribution in [0.5, 0.6) is 0 Å². The van der Waals surface area contributed by atoms with E-state index in [1.54, 1.807) is 17.5 Å². The van der Waals surface area contributed by atoms with Gasteiger partial charge >= 0.3 is 0 Å². The van der Waals surface area contributed by atoms with Crippen molar-refractivity contribution in [1.29, 1.82) is 0 Å². The molecule has 0 radical (unpaired) electrons. The van der Waals surface area contributed by atoms with Gasteiger partial charge in [-0.2, -0.15) is 0 Å². The Morgan fingerprint density at radius 3 is 2.52 bits per heavy atom. The second-order valence-corrected chi connectivity index (χ2v) is 6.68. The maximum atomic E-state index is 10.7. The first-order valence-electron chi connectivity index (χ1n) is 7.62. The SMILES string of the molecule is CC(O)(CNC(c1ccccc1)c1ccccn1)c1cccs1. The predicted octanol–water partition coefficient (Wildman–Crippen LogP) is 3.73. The number of hydrogen-bond donors (Lipinski definition) is 2. The van der Waals surface area contributed by atoms with E-state index in [1.165, 1.54) is 0 Å².